The molecule has 0 radical (unpaired) electrons. The lowest BCUT2D eigenvalue weighted by molar-refractivity contribution is 1.17. The van der Waals surface area contributed by atoms with E-state index < -0.39 is 0 Å². The van der Waals surface area contributed by atoms with Gasteiger partial charge in [0.2, 0.25) is 0 Å². The van der Waals surface area contributed by atoms with Crippen molar-refractivity contribution < 1.29 is 0 Å². The summed E-state index contributed by atoms with van der Waals surface area (Å²) in [6.07, 6.45) is 0.356. The summed E-state index contributed by atoms with van der Waals surface area (Å²) in [7, 11) is 0. The lowest BCUT2D eigenvalue weighted by atomic mass is 9.95. The van der Waals surface area contributed by atoms with Crippen molar-refractivity contribution in [2.24, 2.45) is 10.7 Å². The Hall–Kier alpha value is -7.68. The lowest BCUT2D eigenvalue weighted by Gasteiger charge is -2.12. The monoisotopic (exact) mass is 717 g/mol. The number of amidine groups is 1. The zero-order valence-electron chi connectivity index (χ0n) is 30.5. The molecule has 0 aliphatic rings. The Kier molecular flexibility index (Phi) is 8.01. The molecule has 0 saturated heterocycles. The first kappa shape index (κ1) is 32.9. The maximum Gasteiger partial charge on any atom is 0.131 e. The molecule has 0 aliphatic heterocycles. The average molecular weight is 718 g/mol. The number of aliphatic imine (C=N–C) groups is 1. The maximum absolute atomic E-state index is 11.0. The number of hydrogen-bond donors (Lipinski definition) is 1. The average Bonchev–Trinajstić information content (AvgIpc) is 3.77. The van der Waals surface area contributed by atoms with E-state index in [4.69, 9.17) is 10.7 Å². The highest BCUT2D eigenvalue weighted by molar-refractivity contribution is 6.19. The van der Waals surface area contributed by atoms with Gasteiger partial charge in [-0.15, -0.1) is 0 Å². The molecule has 0 unspecified atom stereocenters. The first-order valence-corrected chi connectivity index (χ1v) is 18.8. The number of hydrogen-bond acceptors (Lipinski definition) is 2. The highest BCUT2D eigenvalue weighted by Gasteiger charge is 2.21. The van der Waals surface area contributed by atoms with Crippen LogP contribution in [0.3, 0.4) is 0 Å². The second kappa shape index (κ2) is 13.6. The number of fused-ring (bicyclic) bond motifs is 7. The van der Waals surface area contributed by atoms with Crippen molar-refractivity contribution in [1.82, 2.24) is 9.13 Å². The van der Waals surface area contributed by atoms with Gasteiger partial charge in [-0.1, -0.05) is 133 Å². The van der Waals surface area contributed by atoms with Gasteiger partial charge in [-0.05, 0) is 70.9 Å². The van der Waals surface area contributed by atoms with E-state index in [1.165, 1.54) is 10.8 Å². The van der Waals surface area contributed by atoms with Crippen LogP contribution in [-0.4, -0.2) is 15.0 Å². The third kappa shape index (κ3) is 5.52. The zero-order chi connectivity index (χ0) is 37.6. The fourth-order valence-corrected chi connectivity index (χ4v) is 8.26. The second-order valence-corrected chi connectivity index (χ2v) is 14.1. The Bertz CT molecular complexity index is 3220. The number of para-hydroxylation sites is 3. The molecule has 0 bridgehead atoms. The zero-order valence-corrected chi connectivity index (χ0v) is 30.5. The third-order valence-corrected chi connectivity index (χ3v) is 10.8. The second-order valence-electron chi connectivity index (χ2n) is 14.1. The summed E-state index contributed by atoms with van der Waals surface area (Å²) in [5.41, 5.74) is 17.1. The predicted octanol–water partition coefficient (Wildman–Crippen LogP) is 11.9. The van der Waals surface area contributed by atoms with E-state index in [0.717, 1.165) is 71.7 Å². The van der Waals surface area contributed by atoms with Crippen molar-refractivity contribution in [2.75, 3.05) is 0 Å². The van der Waals surface area contributed by atoms with E-state index in [-0.39, 0.29) is 0 Å². The molecule has 0 saturated carbocycles. The summed E-state index contributed by atoms with van der Waals surface area (Å²) < 4.78 is 4.71. The van der Waals surface area contributed by atoms with Gasteiger partial charge in [0.15, 0.2) is 0 Å². The van der Waals surface area contributed by atoms with Gasteiger partial charge < -0.3 is 14.9 Å². The third-order valence-electron chi connectivity index (χ3n) is 10.8. The fraction of sp³-hybridized carbons (Fsp3) is 0.0196. The van der Waals surface area contributed by atoms with Crippen LogP contribution in [0, 0.1) is 11.3 Å². The van der Waals surface area contributed by atoms with Crippen molar-refractivity contribution in [1.29, 1.82) is 5.26 Å². The molecule has 0 spiro atoms. The van der Waals surface area contributed by atoms with Crippen LogP contribution in [0.25, 0.3) is 71.5 Å². The molecular formula is C51H35N5. The van der Waals surface area contributed by atoms with Crippen LogP contribution in [0.1, 0.15) is 16.7 Å². The first-order chi connectivity index (χ1) is 27.7. The quantitative estimate of drug-likeness (QED) is 0.101. The number of aromatic nitrogens is 2. The molecule has 0 fully saturated rings. The Morgan fingerprint density at radius 2 is 1.09 bits per heavy atom. The number of nitriles is 1. The standard InChI is InChI=1S/C51H35N5/c52-33-39(50(54-51(53)35-16-4-1-5-17-35)38-28-27-34-15-10-11-18-36(34)29-38)30-37-19-14-26-46-49(37)44-32-47-43(31-48(44)56(46)41-22-8-3-9-23-41)42-24-12-13-25-45(42)55(47)40-20-6-2-7-21-40/h1-29,31-32H,30H2,(H2,53,54)/b50-39+. The number of nitrogens with two attached hydrogens (primary N) is 1. The molecular weight excluding hydrogens is 683 g/mol. The van der Waals surface area contributed by atoms with Gasteiger partial charge in [-0.2, -0.15) is 5.26 Å². The minimum Gasteiger partial charge on any atom is -0.383 e. The summed E-state index contributed by atoms with van der Waals surface area (Å²) in [5.74, 6) is 0.358. The number of allylic oxidation sites excluding steroid dienone is 1. The topological polar surface area (TPSA) is 72.0 Å². The van der Waals surface area contributed by atoms with E-state index in [2.05, 4.69) is 155 Å². The molecule has 2 aromatic heterocycles. The number of nitrogens with zero attached hydrogens (tertiary/aromatic N) is 4. The molecule has 8 aromatic carbocycles. The van der Waals surface area contributed by atoms with E-state index >= 15 is 0 Å². The highest BCUT2D eigenvalue weighted by Crippen LogP contribution is 2.41. The Labute approximate surface area is 324 Å². The number of rotatable bonds is 7. The molecule has 10 rings (SSSR count). The molecule has 0 aliphatic carbocycles. The summed E-state index contributed by atoms with van der Waals surface area (Å²) in [5, 5.41) is 17.8. The van der Waals surface area contributed by atoms with Crippen molar-refractivity contribution >= 4 is 65.9 Å². The molecule has 0 amide bonds. The van der Waals surface area contributed by atoms with Gasteiger partial charge in [0.25, 0.3) is 0 Å². The summed E-state index contributed by atoms with van der Waals surface area (Å²) in [4.78, 5) is 5.04. The number of benzene rings is 8. The Morgan fingerprint density at radius 3 is 1.82 bits per heavy atom. The van der Waals surface area contributed by atoms with Crippen molar-refractivity contribution in [3.05, 3.63) is 210 Å². The summed E-state index contributed by atoms with van der Waals surface area (Å²) >= 11 is 0. The minimum absolute atomic E-state index is 0.356. The van der Waals surface area contributed by atoms with Crippen LogP contribution in [-0.2, 0) is 6.42 Å². The Morgan fingerprint density at radius 1 is 0.500 bits per heavy atom. The Balaban J connectivity index is 1.26. The van der Waals surface area contributed by atoms with E-state index in [0.29, 0.717) is 23.5 Å². The van der Waals surface area contributed by atoms with Gasteiger partial charge in [0, 0.05) is 50.5 Å². The van der Waals surface area contributed by atoms with E-state index in [1.54, 1.807) is 0 Å². The molecule has 2 heterocycles. The van der Waals surface area contributed by atoms with Gasteiger partial charge in [-0.25, -0.2) is 4.99 Å². The smallest absolute Gasteiger partial charge is 0.131 e. The summed E-state index contributed by atoms with van der Waals surface area (Å²) in [6.45, 7) is 0. The highest BCUT2D eigenvalue weighted by atomic mass is 15.0. The van der Waals surface area contributed by atoms with Gasteiger partial charge in [0.05, 0.1) is 39.4 Å². The van der Waals surface area contributed by atoms with Crippen LogP contribution >= 0.6 is 0 Å². The van der Waals surface area contributed by atoms with Gasteiger partial charge in [0.1, 0.15) is 5.84 Å². The molecule has 10 aromatic rings. The lowest BCUT2D eigenvalue weighted by Crippen LogP contribution is -2.13. The molecule has 0 atom stereocenters. The minimum atomic E-state index is 0.356. The molecule has 5 heteroatoms. The van der Waals surface area contributed by atoms with Crippen molar-refractivity contribution in [3.8, 4) is 17.4 Å². The van der Waals surface area contributed by atoms with E-state index in [9.17, 15) is 5.26 Å². The van der Waals surface area contributed by atoms with Crippen molar-refractivity contribution in [2.45, 2.75) is 6.42 Å². The van der Waals surface area contributed by atoms with Crippen LogP contribution in [0.5, 0.6) is 0 Å². The predicted molar refractivity (Wildman–Crippen MR) is 232 cm³/mol. The van der Waals surface area contributed by atoms with Crippen LogP contribution in [0.15, 0.2) is 199 Å². The van der Waals surface area contributed by atoms with Crippen LogP contribution in [0.2, 0.25) is 0 Å². The SMILES string of the molecule is N#C/C(Cc1cccc2c1c1cc3c(cc1n2-c1ccccc1)c1ccccc1n3-c1ccccc1)=C(/N=C(N)c1ccccc1)c1ccc2ccccc2c1. The maximum atomic E-state index is 11.0. The van der Waals surface area contributed by atoms with Crippen molar-refractivity contribution in [3.63, 3.8) is 0 Å². The van der Waals surface area contributed by atoms with E-state index in [1.807, 2.05) is 48.5 Å². The molecule has 5 nitrogen and oxygen atoms in total. The normalized spacial score (nSPS) is 12.4. The molecule has 2 N–H and O–H groups in total. The largest absolute Gasteiger partial charge is 0.383 e. The van der Waals surface area contributed by atoms with Gasteiger partial charge >= 0.3 is 0 Å². The van der Waals surface area contributed by atoms with Crippen LogP contribution in [0.4, 0.5) is 0 Å². The van der Waals surface area contributed by atoms with Gasteiger partial charge in [-0.3, -0.25) is 0 Å². The molecule has 264 valence electrons. The molecule has 56 heavy (non-hydrogen) atoms. The first-order valence-electron chi connectivity index (χ1n) is 18.8. The fourth-order valence-electron chi connectivity index (χ4n) is 8.26. The van der Waals surface area contributed by atoms with Crippen LogP contribution < -0.4 is 5.73 Å². The summed E-state index contributed by atoms with van der Waals surface area (Å²) in [6, 6.07) is 67.6.